The molecule has 3 heterocycles. The van der Waals surface area contributed by atoms with E-state index in [1.807, 2.05) is 4.57 Å². The Hall–Kier alpha value is -3.29. The highest BCUT2D eigenvalue weighted by molar-refractivity contribution is 7.12. The summed E-state index contributed by atoms with van der Waals surface area (Å²) in [6.07, 6.45) is 3.72. The molecule has 3 aromatic heterocycles. The number of carbonyl (C=O) groups excluding carboxylic acids is 2. The van der Waals surface area contributed by atoms with Crippen molar-refractivity contribution >= 4 is 34.8 Å². The zero-order chi connectivity index (χ0) is 28.7. The van der Waals surface area contributed by atoms with E-state index in [0.29, 0.717) is 41.5 Å². The van der Waals surface area contributed by atoms with E-state index >= 15 is 0 Å². The Kier molecular flexibility index (Phi) is 6.07. The molecule has 9 nitrogen and oxygen atoms in total. The van der Waals surface area contributed by atoms with Crippen LogP contribution in [0.2, 0.25) is 0 Å². The van der Waals surface area contributed by atoms with Crippen molar-refractivity contribution in [2.24, 2.45) is 24.3 Å². The van der Waals surface area contributed by atoms with Crippen LogP contribution in [0.25, 0.3) is 0 Å². The predicted molar refractivity (Wildman–Crippen MR) is 141 cm³/mol. The number of Topliss-reactive ketones (excluding diaryl/α,β-unsaturated/α-hetero) is 1. The number of hydrogen-bond donors (Lipinski definition) is 2. The van der Waals surface area contributed by atoms with Gasteiger partial charge in [-0.25, -0.2) is 17.6 Å². The minimum absolute atomic E-state index is 0.0682. The van der Waals surface area contributed by atoms with E-state index in [-0.39, 0.29) is 48.2 Å². The summed E-state index contributed by atoms with van der Waals surface area (Å²) in [5.41, 5.74) is 1.11. The molecule has 0 aromatic carbocycles. The lowest BCUT2D eigenvalue weighted by Crippen LogP contribution is -2.29. The Morgan fingerprint density at radius 2 is 2.02 bits per heavy atom. The van der Waals surface area contributed by atoms with Gasteiger partial charge in [-0.3, -0.25) is 18.8 Å². The Balaban J connectivity index is 1.14. The number of nitrogens with zero attached hydrogens (tertiary/aromatic N) is 5. The van der Waals surface area contributed by atoms with Gasteiger partial charge in [-0.05, 0) is 49.5 Å². The summed E-state index contributed by atoms with van der Waals surface area (Å²) in [5, 5.41) is 17.7. The predicted octanol–water partition coefficient (Wildman–Crippen LogP) is 4.78. The summed E-state index contributed by atoms with van der Waals surface area (Å²) in [5.74, 6) is -3.11. The molecule has 7 rings (SSSR count). The first-order valence-corrected chi connectivity index (χ1v) is 14.7. The van der Waals surface area contributed by atoms with Gasteiger partial charge < -0.3 is 10.6 Å². The van der Waals surface area contributed by atoms with Crippen LogP contribution < -0.4 is 10.6 Å². The molecule has 2 N–H and O–H groups in total. The van der Waals surface area contributed by atoms with Crippen LogP contribution in [0.3, 0.4) is 0 Å². The van der Waals surface area contributed by atoms with Gasteiger partial charge in [-0.15, -0.1) is 21.5 Å². The molecule has 0 unspecified atom stereocenters. The van der Waals surface area contributed by atoms with Gasteiger partial charge in [0.1, 0.15) is 23.6 Å². The Morgan fingerprint density at radius 3 is 2.68 bits per heavy atom. The Morgan fingerprint density at radius 1 is 1.24 bits per heavy atom. The molecule has 0 radical (unpaired) electrons. The number of rotatable bonds is 10. The van der Waals surface area contributed by atoms with Gasteiger partial charge in [0.05, 0.1) is 5.56 Å². The summed E-state index contributed by atoms with van der Waals surface area (Å²) >= 11 is 1.48. The number of halogens is 4. The highest BCUT2D eigenvalue weighted by Gasteiger charge is 2.65. The first-order valence-electron chi connectivity index (χ1n) is 13.9. The van der Waals surface area contributed by atoms with Crippen LogP contribution in [-0.2, 0) is 31.1 Å². The van der Waals surface area contributed by atoms with E-state index in [1.165, 1.54) is 22.1 Å². The third-order valence-corrected chi connectivity index (χ3v) is 10.4. The number of ketones is 1. The van der Waals surface area contributed by atoms with Gasteiger partial charge in [0.15, 0.2) is 0 Å². The molecule has 4 aliphatic carbocycles. The minimum atomic E-state index is -2.74. The smallest absolute Gasteiger partial charge is 0.282 e. The summed E-state index contributed by atoms with van der Waals surface area (Å²) in [7, 11) is 1.55. The molecule has 3 fully saturated rings. The molecule has 1 spiro atoms. The second kappa shape index (κ2) is 9.36. The van der Waals surface area contributed by atoms with Crippen molar-refractivity contribution in [2.45, 2.75) is 69.8 Å². The van der Waals surface area contributed by atoms with Crippen LogP contribution in [-0.4, -0.2) is 48.7 Å². The third-order valence-electron chi connectivity index (χ3n) is 9.13. The maximum absolute atomic E-state index is 13.5. The lowest BCUT2D eigenvalue weighted by molar-refractivity contribution is -0.119. The van der Waals surface area contributed by atoms with Gasteiger partial charge in [-0.1, -0.05) is 0 Å². The average molecular weight is 592 g/mol. The summed E-state index contributed by atoms with van der Waals surface area (Å²) < 4.78 is 56.4. The highest BCUT2D eigenvalue weighted by Crippen LogP contribution is 2.71. The molecular weight excluding hydrogens is 562 g/mol. The van der Waals surface area contributed by atoms with E-state index in [0.717, 1.165) is 29.7 Å². The van der Waals surface area contributed by atoms with Crippen LogP contribution in [0, 0.1) is 17.3 Å². The van der Waals surface area contributed by atoms with Crippen molar-refractivity contribution in [3.05, 3.63) is 39.0 Å². The molecule has 3 saturated carbocycles. The van der Waals surface area contributed by atoms with Crippen molar-refractivity contribution in [3.8, 4) is 0 Å². The minimum Gasteiger partial charge on any atom is -0.351 e. The molecular formula is C27H29F4N7O2S. The van der Waals surface area contributed by atoms with Crippen LogP contribution >= 0.6 is 11.3 Å². The average Bonchev–Trinajstić information content (AvgIpc) is 3.83. The maximum Gasteiger partial charge on any atom is 0.282 e. The van der Waals surface area contributed by atoms with Crippen molar-refractivity contribution in [2.75, 3.05) is 11.9 Å². The van der Waals surface area contributed by atoms with Crippen LogP contribution in [0.5, 0.6) is 0 Å². The Labute approximate surface area is 236 Å². The molecule has 218 valence electrons. The van der Waals surface area contributed by atoms with Crippen LogP contribution in [0.15, 0.2) is 12.4 Å². The Bertz CT molecular complexity index is 1540. The molecule has 3 atom stereocenters. The summed E-state index contributed by atoms with van der Waals surface area (Å²) in [6.45, 7) is -0.107. The van der Waals surface area contributed by atoms with Gasteiger partial charge in [0, 0.05) is 60.1 Å². The van der Waals surface area contributed by atoms with E-state index in [9.17, 15) is 27.2 Å². The molecule has 14 heteroatoms. The van der Waals surface area contributed by atoms with E-state index in [1.54, 1.807) is 13.4 Å². The number of anilines is 2. The number of hydrogen-bond acceptors (Lipinski definition) is 7. The van der Waals surface area contributed by atoms with Gasteiger partial charge >= 0.3 is 0 Å². The SMILES string of the molecule is Cn1nc(C(F)F)cc1Nc1nncn1[C@H]1CCc2sc(CC(=O)[C@H]3CC34CC4)c(C(=O)NC[C@H]3CC3(F)F)c2C1. The zero-order valence-electron chi connectivity index (χ0n) is 22.3. The van der Waals surface area contributed by atoms with E-state index in [4.69, 9.17) is 0 Å². The van der Waals surface area contributed by atoms with Crippen molar-refractivity contribution in [1.29, 1.82) is 0 Å². The van der Waals surface area contributed by atoms with Crippen molar-refractivity contribution in [1.82, 2.24) is 29.9 Å². The second-order valence-electron chi connectivity index (χ2n) is 11.9. The molecule has 0 aliphatic heterocycles. The molecule has 41 heavy (non-hydrogen) atoms. The van der Waals surface area contributed by atoms with Crippen molar-refractivity contribution in [3.63, 3.8) is 0 Å². The van der Waals surface area contributed by atoms with Gasteiger partial charge in [0.2, 0.25) is 5.95 Å². The van der Waals surface area contributed by atoms with Crippen LogP contribution in [0.4, 0.5) is 29.3 Å². The largest absolute Gasteiger partial charge is 0.351 e. The standard InChI is InChI=1S/C27H29F4N7O2S/c1-37-21(7-17(36-37)23(28)29)34-25-35-33-12-38(25)14-2-3-19-15(6-14)22(24(40)32-11-13-9-27(13,30)31)20(41-19)8-18(39)16-10-26(16)4-5-26/h7,12-14,16,23H,2-6,8-11H2,1H3,(H,32,40)(H,34,35)/t13-,14+,16-/m1/s1. The number of aromatic nitrogens is 5. The number of fused-ring (bicyclic) bond motifs is 1. The molecule has 0 saturated heterocycles. The third kappa shape index (κ3) is 4.83. The summed E-state index contributed by atoms with van der Waals surface area (Å²) in [6, 6.07) is 1.10. The number of carbonyl (C=O) groups is 2. The fourth-order valence-corrected chi connectivity index (χ4v) is 7.63. The monoisotopic (exact) mass is 591 g/mol. The molecule has 0 bridgehead atoms. The number of amides is 1. The number of nitrogens with one attached hydrogen (secondary N) is 2. The van der Waals surface area contributed by atoms with Crippen LogP contribution in [0.1, 0.15) is 75.9 Å². The molecule has 4 aliphatic rings. The lowest BCUT2D eigenvalue weighted by atomic mass is 9.89. The highest BCUT2D eigenvalue weighted by atomic mass is 32.1. The lowest BCUT2D eigenvalue weighted by Gasteiger charge is -2.25. The number of aryl methyl sites for hydroxylation is 2. The van der Waals surface area contributed by atoms with E-state index in [2.05, 4.69) is 25.9 Å². The topological polar surface area (TPSA) is 107 Å². The fraction of sp³-hybridized carbons (Fsp3) is 0.593. The first kappa shape index (κ1) is 26.6. The second-order valence-corrected chi connectivity index (χ2v) is 13.1. The first-order chi connectivity index (χ1) is 19.5. The fourth-order valence-electron chi connectivity index (χ4n) is 6.27. The zero-order valence-corrected chi connectivity index (χ0v) is 23.1. The number of thiophene rings is 1. The van der Waals surface area contributed by atoms with Crippen molar-refractivity contribution < 1.29 is 27.2 Å². The number of alkyl halides is 4. The maximum atomic E-state index is 13.5. The quantitative estimate of drug-likeness (QED) is 0.329. The van der Waals surface area contributed by atoms with E-state index < -0.39 is 24.2 Å². The summed E-state index contributed by atoms with van der Waals surface area (Å²) in [4.78, 5) is 28.3. The van der Waals surface area contributed by atoms with Gasteiger partial charge in [-0.2, -0.15) is 5.10 Å². The normalized spacial score (nSPS) is 24.8. The van der Waals surface area contributed by atoms with Gasteiger partial charge in [0.25, 0.3) is 18.3 Å². The molecule has 1 amide bonds. The molecule has 3 aromatic rings.